The molecule has 1 aromatic carbocycles. The zero-order valence-corrected chi connectivity index (χ0v) is 13.8. The molecule has 122 valence electrons. The number of hydrogen-bond acceptors (Lipinski definition) is 4. The van der Waals surface area contributed by atoms with E-state index in [0.717, 1.165) is 5.56 Å². The Bertz CT molecular complexity index is 614. The highest BCUT2D eigenvalue weighted by molar-refractivity contribution is 5.79. The van der Waals surface area contributed by atoms with Crippen molar-refractivity contribution < 1.29 is 14.3 Å². The molecule has 0 bridgehead atoms. The predicted octanol–water partition coefficient (Wildman–Crippen LogP) is 2.30. The second kappa shape index (κ2) is 9.38. The largest absolute Gasteiger partial charge is 0.490 e. The summed E-state index contributed by atoms with van der Waals surface area (Å²) in [5.41, 5.74) is 0.953. The summed E-state index contributed by atoms with van der Waals surface area (Å²) in [5, 5.41) is 11.4. The summed E-state index contributed by atoms with van der Waals surface area (Å²) in [7, 11) is 0. The smallest absolute Gasteiger partial charge is 0.224 e. The molecular formula is C18H22N2O3. The van der Waals surface area contributed by atoms with Crippen molar-refractivity contribution in [3.8, 4) is 29.9 Å². The highest BCUT2D eigenvalue weighted by atomic mass is 16.5. The van der Waals surface area contributed by atoms with Crippen LogP contribution in [0.1, 0.15) is 26.3 Å². The van der Waals surface area contributed by atoms with Gasteiger partial charge in [-0.3, -0.25) is 4.79 Å². The number of terminal acetylenes is 1. The second-order valence-electron chi connectivity index (χ2n) is 5.17. The van der Waals surface area contributed by atoms with Crippen LogP contribution in [0.3, 0.4) is 0 Å². The van der Waals surface area contributed by atoms with Gasteiger partial charge in [0.2, 0.25) is 5.91 Å². The van der Waals surface area contributed by atoms with E-state index in [0.29, 0.717) is 24.5 Å². The van der Waals surface area contributed by atoms with Crippen LogP contribution in [0.5, 0.6) is 11.5 Å². The van der Waals surface area contributed by atoms with E-state index in [2.05, 4.69) is 11.2 Å². The van der Waals surface area contributed by atoms with Crippen molar-refractivity contribution in [1.29, 1.82) is 5.26 Å². The molecule has 2 atom stereocenters. The van der Waals surface area contributed by atoms with E-state index in [1.807, 2.05) is 32.0 Å². The maximum atomic E-state index is 12.0. The maximum Gasteiger partial charge on any atom is 0.224 e. The van der Waals surface area contributed by atoms with Gasteiger partial charge in [0.15, 0.2) is 11.5 Å². The fourth-order valence-corrected chi connectivity index (χ4v) is 2.02. The molecule has 0 spiro atoms. The highest BCUT2D eigenvalue weighted by Crippen LogP contribution is 2.29. The Labute approximate surface area is 137 Å². The fourth-order valence-electron chi connectivity index (χ4n) is 2.02. The van der Waals surface area contributed by atoms with Crippen molar-refractivity contribution in [2.24, 2.45) is 5.92 Å². The molecule has 5 heteroatoms. The van der Waals surface area contributed by atoms with E-state index in [-0.39, 0.29) is 18.4 Å². The van der Waals surface area contributed by atoms with Crippen LogP contribution in [-0.2, 0) is 11.2 Å². The first-order chi connectivity index (χ1) is 11.0. The van der Waals surface area contributed by atoms with Gasteiger partial charge >= 0.3 is 0 Å². The molecule has 0 aromatic heterocycles. The first-order valence-corrected chi connectivity index (χ1v) is 7.53. The molecule has 1 aromatic rings. The molecule has 0 fully saturated rings. The molecule has 1 rings (SSSR count). The number of nitriles is 1. The zero-order valence-electron chi connectivity index (χ0n) is 13.8. The number of rotatable bonds is 8. The Morgan fingerprint density at radius 1 is 1.35 bits per heavy atom. The van der Waals surface area contributed by atoms with Crippen molar-refractivity contribution in [2.45, 2.75) is 33.2 Å². The standard InChI is InChI=1S/C18H22N2O3/c1-5-9-23-16-8-7-15(11-17(16)22-6-2)10-13(3)18(21)20-14(4)12-19/h1,7-8,11,13-14H,6,9-10H2,2-4H3,(H,20,21). The lowest BCUT2D eigenvalue weighted by Crippen LogP contribution is -2.36. The number of carbonyl (C=O) groups excluding carboxylic acids is 1. The summed E-state index contributed by atoms with van der Waals surface area (Å²) < 4.78 is 11.0. The molecule has 1 amide bonds. The van der Waals surface area contributed by atoms with Crippen LogP contribution < -0.4 is 14.8 Å². The minimum Gasteiger partial charge on any atom is -0.490 e. The van der Waals surface area contributed by atoms with E-state index < -0.39 is 6.04 Å². The van der Waals surface area contributed by atoms with E-state index >= 15 is 0 Å². The van der Waals surface area contributed by atoms with Gasteiger partial charge < -0.3 is 14.8 Å². The van der Waals surface area contributed by atoms with Crippen molar-refractivity contribution in [2.75, 3.05) is 13.2 Å². The van der Waals surface area contributed by atoms with Crippen LogP contribution >= 0.6 is 0 Å². The van der Waals surface area contributed by atoms with Crippen molar-refractivity contribution in [1.82, 2.24) is 5.32 Å². The molecule has 5 nitrogen and oxygen atoms in total. The third-order valence-electron chi connectivity index (χ3n) is 3.16. The van der Waals surface area contributed by atoms with Crippen molar-refractivity contribution >= 4 is 5.91 Å². The normalized spacial score (nSPS) is 12.4. The topological polar surface area (TPSA) is 71.3 Å². The summed E-state index contributed by atoms with van der Waals surface area (Å²) in [4.78, 5) is 12.0. The molecule has 0 heterocycles. The number of carbonyl (C=O) groups is 1. The maximum absolute atomic E-state index is 12.0. The van der Waals surface area contributed by atoms with Crippen LogP contribution in [0.2, 0.25) is 0 Å². The van der Waals surface area contributed by atoms with Gasteiger partial charge in [-0.05, 0) is 38.0 Å². The second-order valence-corrected chi connectivity index (χ2v) is 5.17. The molecule has 0 radical (unpaired) electrons. The average Bonchev–Trinajstić information content (AvgIpc) is 2.54. The molecule has 0 saturated heterocycles. The van der Waals surface area contributed by atoms with E-state index in [1.165, 1.54) is 0 Å². The zero-order chi connectivity index (χ0) is 17.2. The quantitative estimate of drug-likeness (QED) is 0.747. The summed E-state index contributed by atoms with van der Waals surface area (Å²) >= 11 is 0. The third-order valence-corrected chi connectivity index (χ3v) is 3.16. The number of amides is 1. The summed E-state index contributed by atoms with van der Waals surface area (Å²) in [6, 6.07) is 7.01. The van der Waals surface area contributed by atoms with E-state index in [1.54, 1.807) is 13.0 Å². The van der Waals surface area contributed by atoms with Gasteiger partial charge in [-0.2, -0.15) is 5.26 Å². The molecule has 1 N–H and O–H groups in total. The molecular weight excluding hydrogens is 292 g/mol. The highest BCUT2D eigenvalue weighted by Gasteiger charge is 2.16. The Kier molecular flexibility index (Phi) is 7.50. The summed E-state index contributed by atoms with van der Waals surface area (Å²) in [6.07, 6.45) is 5.74. The number of benzene rings is 1. The fraction of sp³-hybridized carbons (Fsp3) is 0.444. The number of hydrogen-bond donors (Lipinski definition) is 1. The molecule has 0 saturated carbocycles. The lowest BCUT2D eigenvalue weighted by atomic mass is 9.99. The first kappa shape index (κ1) is 18.4. The van der Waals surface area contributed by atoms with Gasteiger partial charge in [-0.25, -0.2) is 0 Å². The van der Waals surface area contributed by atoms with Gasteiger partial charge in [0.1, 0.15) is 12.6 Å². The molecule has 0 aliphatic heterocycles. The lowest BCUT2D eigenvalue weighted by molar-refractivity contribution is -0.124. The van der Waals surface area contributed by atoms with Gasteiger partial charge in [0.25, 0.3) is 0 Å². The Hall–Kier alpha value is -2.66. The van der Waals surface area contributed by atoms with Crippen LogP contribution in [0.4, 0.5) is 0 Å². The monoisotopic (exact) mass is 314 g/mol. The van der Waals surface area contributed by atoms with Gasteiger partial charge in [-0.15, -0.1) is 6.42 Å². The van der Waals surface area contributed by atoms with Crippen molar-refractivity contribution in [3.63, 3.8) is 0 Å². The molecule has 23 heavy (non-hydrogen) atoms. The average molecular weight is 314 g/mol. The van der Waals surface area contributed by atoms with E-state index in [9.17, 15) is 4.79 Å². The summed E-state index contributed by atoms with van der Waals surface area (Å²) in [6.45, 7) is 6.03. The van der Waals surface area contributed by atoms with Crippen molar-refractivity contribution in [3.05, 3.63) is 23.8 Å². The Morgan fingerprint density at radius 2 is 2.09 bits per heavy atom. The van der Waals surface area contributed by atoms with Gasteiger partial charge in [0.05, 0.1) is 12.7 Å². The van der Waals surface area contributed by atoms with Crippen LogP contribution in [-0.4, -0.2) is 25.2 Å². The third kappa shape index (κ3) is 5.92. The van der Waals surface area contributed by atoms with Gasteiger partial charge in [-0.1, -0.05) is 18.9 Å². The number of nitrogens with one attached hydrogen (secondary N) is 1. The minimum absolute atomic E-state index is 0.148. The predicted molar refractivity (Wildman–Crippen MR) is 88.0 cm³/mol. The molecule has 0 aliphatic rings. The number of ether oxygens (including phenoxy) is 2. The van der Waals surface area contributed by atoms with Gasteiger partial charge in [0, 0.05) is 5.92 Å². The van der Waals surface area contributed by atoms with Crippen LogP contribution in [0.25, 0.3) is 0 Å². The molecule has 2 unspecified atom stereocenters. The Balaban J connectivity index is 2.80. The summed E-state index contributed by atoms with van der Waals surface area (Å²) in [5.74, 6) is 3.21. The van der Waals surface area contributed by atoms with E-state index in [4.69, 9.17) is 21.2 Å². The number of nitrogens with zero attached hydrogens (tertiary/aromatic N) is 1. The first-order valence-electron chi connectivity index (χ1n) is 7.53. The van der Waals surface area contributed by atoms with Crippen LogP contribution in [0, 0.1) is 29.6 Å². The Morgan fingerprint density at radius 3 is 2.70 bits per heavy atom. The SMILES string of the molecule is C#CCOc1ccc(CC(C)C(=O)NC(C)C#N)cc1OCC. The lowest BCUT2D eigenvalue weighted by Gasteiger charge is -2.15. The van der Waals surface area contributed by atoms with Crippen LogP contribution in [0.15, 0.2) is 18.2 Å². The molecule has 0 aliphatic carbocycles. The minimum atomic E-state index is -0.497.